The van der Waals surface area contributed by atoms with E-state index in [4.69, 9.17) is 9.72 Å². The normalized spacial score (nSPS) is 11.2. The molecule has 126 valence electrons. The first-order chi connectivity index (χ1) is 11.7. The molecule has 0 spiro atoms. The van der Waals surface area contributed by atoms with Gasteiger partial charge in [-0.2, -0.15) is 0 Å². The largest absolute Gasteiger partial charge is 0.494 e. The molecule has 3 aromatic rings. The Labute approximate surface area is 150 Å². The van der Waals surface area contributed by atoms with Gasteiger partial charge in [0, 0.05) is 22.7 Å². The zero-order valence-corrected chi connectivity index (χ0v) is 15.6. The molecule has 2 heterocycles. The standard InChI is InChI=1S/C17H20N4OS2/c1-4-22-15-7-5-13(6-8-15)16-19-14(9-23-16)10-24-17-20-18-11-21(17)12(2)3/h5-9,11-12H,4,10H2,1-3H3. The molecule has 0 fully saturated rings. The first kappa shape index (κ1) is 17.0. The Hall–Kier alpha value is -1.86. The second-order valence-electron chi connectivity index (χ2n) is 5.50. The summed E-state index contributed by atoms with van der Waals surface area (Å²) in [5.74, 6) is 1.68. The third-order valence-electron chi connectivity index (χ3n) is 3.41. The second kappa shape index (κ2) is 7.81. The van der Waals surface area contributed by atoms with Gasteiger partial charge >= 0.3 is 0 Å². The number of thioether (sulfide) groups is 1. The maximum absolute atomic E-state index is 5.48. The monoisotopic (exact) mass is 360 g/mol. The van der Waals surface area contributed by atoms with Gasteiger partial charge in [-0.25, -0.2) is 4.98 Å². The number of aromatic nitrogens is 4. The first-order valence-electron chi connectivity index (χ1n) is 7.87. The Morgan fingerprint density at radius 3 is 2.75 bits per heavy atom. The van der Waals surface area contributed by atoms with E-state index in [9.17, 15) is 0 Å². The summed E-state index contributed by atoms with van der Waals surface area (Å²) >= 11 is 3.33. The van der Waals surface area contributed by atoms with Crippen molar-refractivity contribution in [1.29, 1.82) is 0 Å². The van der Waals surface area contributed by atoms with E-state index in [0.29, 0.717) is 12.6 Å². The van der Waals surface area contributed by atoms with Crippen LogP contribution in [0.3, 0.4) is 0 Å². The van der Waals surface area contributed by atoms with Gasteiger partial charge in [-0.05, 0) is 45.0 Å². The minimum absolute atomic E-state index is 0.359. The smallest absolute Gasteiger partial charge is 0.191 e. The van der Waals surface area contributed by atoms with Gasteiger partial charge in [-0.1, -0.05) is 11.8 Å². The zero-order valence-electron chi connectivity index (χ0n) is 14.0. The van der Waals surface area contributed by atoms with Crippen molar-refractivity contribution in [2.24, 2.45) is 0 Å². The van der Waals surface area contributed by atoms with Crippen molar-refractivity contribution in [3.8, 4) is 16.3 Å². The number of hydrogen-bond acceptors (Lipinski definition) is 6. The Kier molecular flexibility index (Phi) is 5.52. The summed E-state index contributed by atoms with van der Waals surface area (Å²) in [6.07, 6.45) is 1.78. The van der Waals surface area contributed by atoms with E-state index in [-0.39, 0.29) is 0 Å². The lowest BCUT2D eigenvalue weighted by Gasteiger charge is -2.08. The molecule has 7 heteroatoms. The lowest BCUT2D eigenvalue weighted by atomic mass is 10.2. The van der Waals surface area contributed by atoms with Crippen LogP contribution in [0.15, 0.2) is 41.1 Å². The molecule has 3 rings (SSSR count). The van der Waals surface area contributed by atoms with Crippen LogP contribution in [0.25, 0.3) is 10.6 Å². The molecule has 0 aliphatic heterocycles. The fourth-order valence-electron chi connectivity index (χ4n) is 2.19. The van der Waals surface area contributed by atoms with Crippen LogP contribution in [0.1, 0.15) is 32.5 Å². The minimum Gasteiger partial charge on any atom is -0.494 e. The van der Waals surface area contributed by atoms with Crippen molar-refractivity contribution in [3.63, 3.8) is 0 Å². The van der Waals surface area contributed by atoms with Crippen molar-refractivity contribution < 1.29 is 4.74 Å². The van der Waals surface area contributed by atoms with Crippen LogP contribution >= 0.6 is 23.1 Å². The highest BCUT2D eigenvalue weighted by Gasteiger charge is 2.10. The maximum Gasteiger partial charge on any atom is 0.191 e. The Bertz CT molecular complexity index is 780. The number of thiazole rings is 1. The van der Waals surface area contributed by atoms with E-state index in [1.54, 1.807) is 29.4 Å². The third kappa shape index (κ3) is 3.96. The molecule has 1 aromatic carbocycles. The van der Waals surface area contributed by atoms with Crippen LogP contribution in [0.2, 0.25) is 0 Å². The predicted molar refractivity (Wildman–Crippen MR) is 98.7 cm³/mol. The number of benzene rings is 1. The number of nitrogens with zero attached hydrogens (tertiary/aromatic N) is 4. The summed E-state index contributed by atoms with van der Waals surface area (Å²) in [7, 11) is 0. The van der Waals surface area contributed by atoms with E-state index in [2.05, 4.69) is 46.1 Å². The summed E-state index contributed by atoms with van der Waals surface area (Å²) < 4.78 is 7.55. The van der Waals surface area contributed by atoms with E-state index in [1.165, 1.54) is 0 Å². The summed E-state index contributed by atoms with van der Waals surface area (Å²) in [6, 6.07) is 8.43. The topological polar surface area (TPSA) is 52.8 Å². The molecule has 24 heavy (non-hydrogen) atoms. The van der Waals surface area contributed by atoms with Gasteiger partial charge in [-0.15, -0.1) is 21.5 Å². The van der Waals surface area contributed by atoms with Crippen molar-refractivity contribution in [2.75, 3.05) is 6.61 Å². The molecule has 0 bridgehead atoms. The molecule has 0 atom stereocenters. The Morgan fingerprint density at radius 1 is 1.25 bits per heavy atom. The molecule has 0 aliphatic rings. The first-order valence-corrected chi connectivity index (χ1v) is 9.74. The van der Waals surface area contributed by atoms with Gasteiger partial charge in [0.05, 0.1) is 12.3 Å². The molecule has 0 saturated carbocycles. The molecular formula is C17H20N4OS2. The molecule has 0 unspecified atom stereocenters. The highest BCUT2D eigenvalue weighted by atomic mass is 32.2. The predicted octanol–water partition coefficient (Wildman–Crippen LogP) is 4.67. The number of ether oxygens (including phenoxy) is 1. The second-order valence-corrected chi connectivity index (χ2v) is 7.31. The minimum atomic E-state index is 0.359. The molecule has 0 saturated heterocycles. The fraction of sp³-hybridized carbons (Fsp3) is 0.353. The van der Waals surface area contributed by atoms with Gasteiger partial charge in [-0.3, -0.25) is 0 Å². The highest BCUT2D eigenvalue weighted by molar-refractivity contribution is 7.98. The van der Waals surface area contributed by atoms with Gasteiger partial charge < -0.3 is 9.30 Å². The average Bonchev–Trinajstić information content (AvgIpc) is 3.23. The van der Waals surface area contributed by atoms with Crippen LogP contribution in [0, 0.1) is 0 Å². The zero-order chi connectivity index (χ0) is 16.9. The lowest BCUT2D eigenvalue weighted by Crippen LogP contribution is -2.00. The van der Waals surface area contributed by atoms with Crippen LogP contribution in [0.4, 0.5) is 0 Å². The summed E-state index contributed by atoms with van der Waals surface area (Å²) in [6.45, 7) is 6.91. The molecule has 0 radical (unpaired) electrons. The average molecular weight is 361 g/mol. The molecule has 0 aliphatic carbocycles. The van der Waals surface area contributed by atoms with Gasteiger partial charge in [0.1, 0.15) is 17.1 Å². The van der Waals surface area contributed by atoms with E-state index in [1.807, 2.05) is 19.1 Å². The summed E-state index contributed by atoms with van der Waals surface area (Å²) in [5, 5.41) is 12.2. The van der Waals surface area contributed by atoms with E-state index >= 15 is 0 Å². The van der Waals surface area contributed by atoms with E-state index < -0.39 is 0 Å². The number of hydrogen-bond donors (Lipinski definition) is 0. The van der Waals surface area contributed by atoms with E-state index in [0.717, 1.165) is 32.9 Å². The highest BCUT2D eigenvalue weighted by Crippen LogP contribution is 2.29. The SMILES string of the molecule is CCOc1ccc(-c2nc(CSc3nncn3C(C)C)cs2)cc1. The Balaban J connectivity index is 1.66. The fourth-order valence-corrected chi connectivity index (χ4v) is 4.06. The Morgan fingerprint density at radius 2 is 2.04 bits per heavy atom. The third-order valence-corrected chi connectivity index (χ3v) is 5.34. The van der Waals surface area contributed by atoms with Crippen LogP contribution in [0.5, 0.6) is 5.75 Å². The van der Waals surface area contributed by atoms with Crippen LogP contribution in [-0.4, -0.2) is 26.4 Å². The lowest BCUT2D eigenvalue weighted by molar-refractivity contribution is 0.340. The van der Waals surface area contributed by atoms with Crippen LogP contribution < -0.4 is 4.74 Å². The summed E-state index contributed by atoms with van der Waals surface area (Å²) in [4.78, 5) is 4.73. The van der Waals surface area contributed by atoms with Crippen molar-refractivity contribution in [3.05, 3.63) is 41.7 Å². The van der Waals surface area contributed by atoms with Gasteiger partial charge in [0.15, 0.2) is 5.16 Å². The van der Waals surface area contributed by atoms with Gasteiger partial charge in [0.2, 0.25) is 0 Å². The van der Waals surface area contributed by atoms with Crippen molar-refractivity contribution >= 4 is 23.1 Å². The quantitative estimate of drug-likeness (QED) is 0.573. The van der Waals surface area contributed by atoms with Gasteiger partial charge in [0.25, 0.3) is 0 Å². The molecule has 5 nitrogen and oxygen atoms in total. The maximum atomic E-state index is 5.48. The molecular weight excluding hydrogens is 340 g/mol. The molecule has 0 N–H and O–H groups in total. The van der Waals surface area contributed by atoms with Crippen molar-refractivity contribution in [2.45, 2.75) is 37.7 Å². The summed E-state index contributed by atoms with van der Waals surface area (Å²) in [5.41, 5.74) is 2.18. The van der Waals surface area contributed by atoms with Crippen molar-refractivity contribution in [1.82, 2.24) is 19.7 Å². The molecule has 0 amide bonds. The molecule has 2 aromatic heterocycles. The number of rotatable bonds is 7. The van der Waals surface area contributed by atoms with Crippen LogP contribution in [-0.2, 0) is 5.75 Å².